The number of amides is 1. The number of piperidine rings is 1. The number of benzene rings is 2. The Labute approximate surface area is 178 Å². The fourth-order valence-electron chi connectivity index (χ4n) is 3.83. The highest BCUT2D eigenvalue weighted by Crippen LogP contribution is 2.24. The Balaban J connectivity index is 1.39. The van der Waals surface area contributed by atoms with Crippen molar-refractivity contribution in [1.82, 2.24) is 9.97 Å². The molecule has 2 heterocycles. The Kier molecular flexibility index (Phi) is 6.07. The quantitative estimate of drug-likeness (QED) is 0.646. The molecule has 1 saturated heterocycles. The van der Waals surface area contributed by atoms with Crippen LogP contribution in [0.4, 0.5) is 11.6 Å². The summed E-state index contributed by atoms with van der Waals surface area (Å²) in [7, 11) is 0. The average molecular weight is 401 g/mol. The average Bonchev–Trinajstić information content (AvgIpc) is 2.80. The number of rotatable bonds is 5. The second kappa shape index (κ2) is 9.08. The topological polar surface area (TPSA) is 58.1 Å². The second-order valence-electron chi connectivity index (χ2n) is 8.19. The highest BCUT2D eigenvalue weighted by molar-refractivity contribution is 5.93. The van der Waals surface area contributed by atoms with E-state index in [0.717, 1.165) is 36.2 Å². The molecule has 3 aromatic rings. The fourth-order valence-corrected chi connectivity index (χ4v) is 3.83. The SMILES string of the molecule is CC(C)c1ccc(NC(=O)C2CCCN(c3ncc(-c4ccccc4)cn3)C2)cc1. The molecule has 0 radical (unpaired) electrons. The molecule has 1 aliphatic heterocycles. The van der Waals surface area contributed by atoms with Gasteiger partial charge in [-0.05, 0) is 42.0 Å². The standard InChI is InChI=1S/C25H28N4O/c1-18(2)19-10-12-23(13-11-19)28-24(30)21-9-6-14-29(17-21)25-26-15-22(16-27-25)20-7-4-3-5-8-20/h3-5,7-8,10-13,15-16,18,21H,6,9,14,17H2,1-2H3,(H,28,30). The Morgan fingerprint density at radius 2 is 1.70 bits per heavy atom. The van der Waals surface area contributed by atoms with Gasteiger partial charge in [-0.1, -0.05) is 56.3 Å². The largest absolute Gasteiger partial charge is 0.340 e. The molecule has 1 aliphatic rings. The van der Waals surface area contributed by atoms with Crippen LogP contribution in [0.15, 0.2) is 67.0 Å². The zero-order valence-corrected chi connectivity index (χ0v) is 17.6. The summed E-state index contributed by atoms with van der Waals surface area (Å²) in [5.41, 5.74) is 4.22. The van der Waals surface area contributed by atoms with Gasteiger partial charge >= 0.3 is 0 Å². The van der Waals surface area contributed by atoms with Crippen molar-refractivity contribution in [1.29, 1.82) is 0 Å². The lowest BCUT2D eigenvalue weighted by Gasteiger charge is -2.32. The van der Waals surface area contributed by atoms with Crippen molar-refractivity contribution in [2.75, 3.05) is 23.3 Å². The Morgan fingerprint density at radius 3 is 2.37 bits per heavy atom. The van der Waals surface area contributed by atoms with E-state index in [2.05, 4.69) is 46.2 Å². The first kappa shape index (κ1) is 20.1. The molecule has 4 rings (SSSR count). The lowest BCUT2D eigenvalue weighted by atomic mass is 9.97. The van der Waals surface area contributed by atoms with Crippen LogP contribution in [-0.2, 0) is 4.79 Å². The van der Waals surface area contributed by atoms with Crippen LogP contribution in [0.3, 0.4) is 0 Å². The van der Waals surface area contributed by atoms with Gasteiger partial charge in [0.05, 0.1) is 5.92 Å². The summed E-state index contributed by atoms with van der Waals surface area (Å²) in [4.78, 5) is 24.1. The van der Waals surface area contributed by atoms with Gasteiger partial charge in [0.25, 0.3) is 0 Å². The summed E-state index contributed by atoms with van der Waals surface area (Å²) in [6, 6.07) is 18.2. The first-order valence-electron chi connectivity index (χ1n) is 10.6. The number of nitrogens with one attached hydrogen (secondary N) is 1. The summed E-state index contributed by atoms with van der Waals surface area (Å²) in [6.07, 6.45) is 5.55. The monoisotopic (exact) mass is 400 g/mol. The van der Waals surface area contributed by atoms with E-state index >= 15 is 0 Å². The van der Waals surface area contributed by atoms with Gasteiger partial charge in [-0.25, -0.2) is 9.97 Å². The van der Waals surface area contributed by atoms with E-state index in [0.29, 0.717) is 18.4 Å². The number of hydrogen-bond acceptors (Lipinski definition) is 4. The molecular weight excluding hydrogens is 372 g/mol. The molecule has 1 fully saturated rings. The van der Waals surface area contributed by atoms with E-state index in [1.807, 2.05) is 54.9 Å². The van der Waals surface area contributed by atoms with E-state index < -0.39 is 0 Å². The summed E-state index contributed by atoms with van der Waals surface area (Å²) in [5, 5.41) is 3.07. The minimum Gasteiger partial charge on any atom is -0.340 e. The molecular formula is C25H28N4O. The molecule has 154 valence electrons. The minimum absolute atomic E-state index is 0.0675. The van der Waals surface area contributed by atoms with Crippen molar-refractivity contribution >= 4 is 17.5 Å². The van der Waals surface area contributed by atoms with Crippen LogP contribution in [0.5, 0.6) is 0 Å². The minimum atomic E-state index is -0.0686. The van der Waals surface area contributed by atoms with Gasteiger partial charge in [0.15, 0.2) is 0 Å². The highest BCUT2D eigenvalue weighted by atomic mass is 16.1. The molecule has 5 nitrogen and oxygen atoms in total. The fraction of sp³-hybridized carbons (Fsp3) is 0.320. The zero-order valence-electron chi connectivity index (χ0n) is 17.6. The van der Waals surface area contributed by atoms with Crippen molar-refractivity contribution < 1.29 is 4.79 Å². The third kappa shape index (κ3) is 4.67. The van der Waals surface area contributed by atoms with Crippen LogP contribution in [0, 0.1) is 5.92 Å². The molecule has 0 spiro atoms. The summed E-state index contributed by atoms with van der Waals surface area (Å²) in [5.74, 6) is 1.17. The van der Waals surface area contributed by atoms with Crippen molar-refractivity contribution in [3.63, 3.8) is 0 Å². The number of carbonyl (C=O) groups excluding carboxylic acids is 1. The normalized spacial score (nSPS) is 16.5. The lowest BCUT2D eigenvalue weighted by Crippen LogP contribution is -2.41. The molecule has 1 unspecified atom stereocenters. The first-order valence-corrected chi connectivity index (χ1v) is 10.6. The molecule has 0 bridgehead atoms. The smallest absolute Gasteiger partial charge is 0.229 e. The predicted octanol–water partition coefficient (Wildman–Crippen LogP) is 5.12. The predicted molar refractivity (Wildman–Crippen MR) is 122 cm³/mol. The zero-order chi connectivity index (χ0) is 20.9. The van der Waals surface area contributed by atoms with Crippen LogP contribution in [-0.4, -0.2) is 29.0 Å². The molecule has 5 heteroatoms. The number of hydrogen-bond donors (Lipinski definition) is 1. The van der Waals surface area contributed by atoms with E-state index in [9.17, 15) is 4.79 Å². The molecule has 0 saturated carbocycles. The van der Waals surface area contributed by atoms with Gasteiger partial charge in [0.2, 0.25) is 11.9 Å². The third-order valence-corrected chi connectivity index (χ3v) is 5.67. The molecule has 2 aromatic carbocycles. The molecule has 1 N–H and O–H groups in total. The maximum absolute atomic E-state index is 12.8. The molecule has 1 atom stereocenters. The van der Waals surface area contributed by atoms with E-state index in [-0.39, 0.29) is 11.8 Å². The van der Waals surface area contributed by atoms with Crippen molar-refractivity contribution in [3.8, 4) is 11.1 Å². The molecule has 1 aromatic heterocycles. The van der Waals surface area contributed by atoms with Crippen LogP contribution in [0.2, 0.25) is 0 Å². The maximum atomic E-state index is 12.8. The highest BCUT2D eigenvalue weighted by Gasteiger charge is 2.27. The van der Waals surface area contributed by atoms with Crippen LogP contribution < -0.4 is 10.2 Å². The number of carbonyl (C=O) groups is 1. The number of anilines is 2. The van der Waals surface area contributed by atoms with Crippen LogP contribution >= 0.6 is 0 Å². The number of nitrogens with zero attached hydrogens (tertiary/aromatic N) is 3. The van der Waals surface area contributed by atoms with Gasteiger partial charge in [0, 0.05) is 36.7 Å². The summed E-state index contributed by atoms with van der Waals surface area (Å²) in [6.45, 7) is 5.84. The summed E-state index contributed by atoms with van der Waals surface area (Å²) < 4.78 is 0. The molecule has 0 aliphatic carbocycles. The van der Waals surface area contributed by atoms with Crippen LogP contribution in [0.1, 0.15) is 38.2 Å². The van der Waals surface area contributed by atoms with Crippen molar-refractivity contribution in [2.45, 2.75) is 32.6 Å². The van der Waals surface area contributed by atoms with Crippen molar-refractivity contribution in [3.05, 3.63) is 72.6 Å². The van der Waals surface area contributed by atoms with Crippen LogP contribution in [0.25, 0.3) is 11.1 Å². The van der Waals surface area contributed by atoms with Gasteiger partial charge in [-0.15, -0.1) is 0 Å². The number of aromatic nitrogens is 2. The molecule has 1 amide bonds. The third-order valence-electron chi connectivity index (χ3n) is 5.67. The molecule has 30 heavy (non-hydrogen) atoms. The van der Waals surface area contributed by atoms with E-state index in [4.69, 9.17) is 0 Å². The Hall–Kier alpha value is -3.21. The second-order valence-corrected chi connectivity index (χ2v) is 8.19. The van der Waals surface area contributed by atoms with Gasteiger partial charge in [0.1, 0.15) is 0 Å². The van der Waals surface area contributed by atoms with Crippen molar-refractivity contribution in [2.24, 2.45) is 5.92 Å². The Morgan fingerprint density at radius 1 is 1.00 bits per heavy atom. The van der Waals surface area contributed by atoms with Gasteiger partial charge in [-0.3, -0.25) is 4.79 Å². The maximum Gasteiger partial charge on any atom is 0.229 e. The Bertz CT molecular complexity index is 968. The van der Waals surface area contributed by atoms with Gasteiger partial charge in [-0.2, -0.15) is 0 Å². The lowest BCUT2D eigenvalue weighted by molar-refractivity contribution is -0.120. The first-order chi connectivity index (χ1) is 14.6. The van der Waals surface area contributed by atoms with E-state index in [1.165, 1.54) is 5.56 Å². The summed E-state index contributed by atoms with van der Waals surface area (Å²) >= 11 is 0. The van der Waals surface area contributed by atoms with E-state index in [1.54, 1.807) is 0 Å². The van der Waals surface area contributed by atoms with Gasteiger partial charge < -0.3 is 10.2 Å².